The lowest BCUT2D eigenvalue weighted by Crippen LogP contribution is -1.99. The molecule has 5 nitrogen and oxygen atoms in total. The summed E-state index contributed by atoms with van der Waals surface area (Å²) in [6.07, 6.45) is 0.718. The average Bonchev–Trinajstić information content (AvgIpc) is 3.03. The molecule has 1 heterocycles. The topological polar surface area (TPSA) is 65.2 Å². The molecule has 0 N–H and O–H groups in total. The van der Waals surface area contributed by atoms with E-state index < -0.39 is 0 Å². The fourth-order valence-electron chi connectivity index (χ4n) is 1.87. The summed E-state index contributed by atoms with van der Waals surface area (Å²) in [7, 11) is 0. The lowest BCUT2D eigenvalue weighted by molar-refractivity contribution is 0.111. The molecule has 0 bridgehead atoms. The van der Waals surface area contributed by atoms with E-state index in [9.17, 15) is 9.18 Å². The van der Waals surface area contributed by atoms with E-state index in [-0.39, 0.29) is 18.3 Å². The van der Waals surface area contributed by atoms with Crippen LogP contribution >= 0.6 is 0 Å². The maximum Gasteiger partial charge on any atom is 0.258 e. The third-order valence-corrected chi connectivity index (χ3v) is 2.96. The first-order valence-corrected chi connectivity index (χ1v) is 6.52. The van der Waals surface area contributed by atoms with Crippen molar-refractivity contribution in [2.24, 2.45) is 0 Å². The minimum Gasteiger partial charge on any atom is -0.485 e. The molecule has 0 saturated carbocycles. The Balaban J connectivity index is 1.72. The molecular formula is C16H11FN2O3. The molecule has 1 aromatic heterocycles. The third kappa shape index (κ3) is 3.01. The quantitative estimate of drug-likeness (QED) is 0.676. The second-order valence-electron chi connectivity index (χ2n) is 4.47. The fourth-order valence-corrected chi connectivity index (χ4v) is 1.87. The van der Waals surface area contributed by atoms with Crippen LogP contribution in [0.5, 0.6) is 5.75 Å². The number of nitrogens with zero attached hydrogens (tertiary/aromatic N) is 2. The van der Waals surface area contributed by atoms with E-state index in [1.165, 1.54) is 12.1 Å². The van der Waals surface area contributed by atoms with Gasteiger partial charge in [0, 0.05) is 5.56 Å². The highest BCUT2D eigenvalue weighted by atomic mass is 19.1. The fraction of sp³-hybridized carbons (Fsp3) is 0.0625. The van der Waals surface area contributed by atoms with Gasteiger partial charge in [-0.3, -0.25) is 4.79 Å². The van der Waals surface area contributed by atoms with E-state index in [0.717, 1.165) is 6.29 Å². The van der Waals surface area contributed by atoms with Gasteiger partial charge in [-0.05, 0) is 36.4 Å². The van der Waals surface area contributed by atoms with Crippen molar-refractivity contribution in [3.05, 3.63) is 65.7 Å². The van der Waals surface area contributed by atoms with Gasteiger partial charge in [-0.25, -0.2) is 4.39 Å². The molecule has 3 rings (SSSR count). The lowest BCUT2D eigenvalue weighted by Gasteiger charge is -2.04. The molecule has 0 amide bonds. The first-order valence-electron chi connectivity index (χ1n) is 6.52. The van der Waals surface area contributed by atoms with Crippen LogP contribution in [0.25, 0.3) is 11.5 Å². The number of hydrogen-bond donors (Lipinski definition) is 0. The van der Waals surface area contributed by atoms with Crippen LogP contribution in [0.15, 0.2) is 53.1 Å². The van der Waals surface area contributed by atoms with Gasteiger partial charge in [0.2, 0.25) is 5.82 Å². The SMILES string of the molecule is O=Cc1ccccc1OCc1noc(-c2ccc(F)cc2)n1. The van der Waals surface area contributed by atoms with Crippen molar-refractivity contribution in [3.8, 4) is 17.2 Å². The zero-order chi connectivity index (χ0) is 15.4. The maximum atomic E-state index is 12.9. The number of benzene rings is 2. The van der Waals surface area contributed by atoms with Crippen molar-refractivity contribution >= 4 is 6.29 Å². The maximum absolute atomic E-state index is 12.9. The van der Waals surface area contributed by atoms with Crippen LogP contribution < -0.4 is 4.74 Å². The van der Waals surface area contributed by atoms with E-state index in [4.69, 9.17) is 9.26 Å². The largest absolute Gasteiger partial charge is 0.485 e. The molecule has 0 atom stereocenters. The molecule has 110 valence electrons. The summed E-state index contributed by atoms with van der Waals surface area (Å²) < 4.78 is 23.5. The van der Waals surface area contributed by atoms with Gasteiger partial charge in [-0.2, -0.15) is 4.98 Å². The standard InChI is InChI=1S/C16H11FN2O3/c17-13-7-5-11(6-8-13)16-18-15(19-22-16)10-21-14-4-2-1-3-12(14)9-20/h1-9H,10H2. The van der Waals surface area contributed by atoms with E-state index in [1.54, 1.807) is 36.4 Å². The van der Waals surface area contributed by atoms with E-state index in [2.05, 4.69) is 10.1 Å². The molecule has 2 aromatic carbocycles. The summed E-state index contributed by atoms with van der Waals surface area (Å²) in [5, 5.41) is 3.79. The monoisotopic (exact) mass is 298 g/mol. The van der Waals surface area contributed by atoms with Crippen LogP contribution in [0.2, 0.25) is 0 Å². The summed E-state index contributed by atoms with van der Waals surface area (Å²) in [5.74, 6) is 0.727. The number of rotatable bonds is 5. The second kappa shape index (κ2) is 6.17. The predicted octanol–water partition coefficient (Wildman–Crippen LogP) is 3.27. The van der Waals surface area contributed by atoms with Crippen molar-refractivity contribution < 1.29 is 18.4 Å². The normalized spacial score (nSPS) is 10.4. The van der Waals surface area contributed by atoms with Crippen molar-refractivity contribution in [1.82, 2.24) is 10.1 Å². The number of ether oxygens (including phenoxy) is 1. The number of halogens is 1. The van der Waals surface area contributed by atoms with E-state index >= 15 is 0 Å². The number of carbonyl (C=O) groups is 1. The first kappa shape index (κ1) is 13.9. The van der Waals surface area contributed by atoms with E-state index in [1.807, 2.05) is 0 Å². The Morgan fingerprint density at radius 2 is 1.91 bits per heavy atom. The molecule has 22 heavy (non-hydrogen) atoms. The average molecular weight is 298 g/mol. The second-order valence-corrected chi connectivity index (χ2v) is 4.47. The molecule has 0 saturated heterocycles. The molecule has 0 aliphatic rings. The van der Waals surface area contributed by atoms with Gasteiger partial charge in [0.05, 0.1) is 5.56 Å². The first-order chi connectivity index (χ1) is 10.8. The summed E-state index contributed by atoms with van der Waals surface area (Å²) in [5.41, 5.74) is 1.07. The Bertz CT molecular complexity index is 784. The van der Waals surface area contributed by atoms with Crippen molar-refractivity contribution in [1.29, 1.82) is 0 Å². The summed E-state index contributed by atoms with van der Waals surface area (Å²) in [6, 6.07) is 12.6. The van der Waals surface area contributed by atoms with Gasteiger partial charge in [-0.1, -0.05) is 17.3 Å². The molecule has 3 aromatic rings. The minimum absolute atomic E-state index is 0.0650. The van der Waals surface area contributed by atoms with Crippen LogP contribution in [0.3, 0.4) is 0 Å². The zero-order valence-electron chi connectivity index (χ0n) is 11.4. The lowest BCUT2D eigenvalue weighted by atomic mass is 10.2. The molecule has 0 aliphatic heterocycles. The van der Waals surface area contributed by atoms with Crippen LogP contribution in [0, 0.1) is 5.82 Å². The summed E-state index contributed by atoms with van der Waals surface area (Å²) in [4.78, 5) is 15.1. The molecule has 0 fully saturated rings. The molecular weight excluding hydrogens is 287 g/mol. The Hall–Kier alpha value is -3.02. The summed E-state index contributed by atoms with van der Waals surface area (Å²) in [6.45, 7) is 0.0650. The highest BCUT2D eigenvalue weighted by Crippen LogP contribution is 2.19. The highest BCUT2D eigenvalue weighted by molar-refractivity contribution is 5.79. The number of para-hydroxylation sites is 1. The Kier molecular flexibility index (Phi) is 3.91. The van der Waals surface area contributed by atoms with Gasteiger partial charge in [0.25, 0.3) is 5.89 Å². The van der Waals surface area contributed by atoms with Crippen LogP contribution in [0.4, 0.5) is 4.39 Å². The van der Waals surface area contributed by atoms with E-state index in [0.29, 0.717) is 22.7 Å². The van der Waals surface area contributed by atoms with Gasteiger partial charge >= 0.3 is 0 Å². The number of carbonyl (C=O) groups excluding carboxylic acids is 1. The Morgan fingerprint density at radius 3 is 2.68 bits per heavy atom. The van der Waals surface area contributed by atoms with Crippen molar-refractivity contribution in [2.75, 3.05) is 0 Å². The van der Waals surface area contributed by atoms with Crippen molar-refractivity contribution in [2.45, 2.75) is 6.61 Å². The van der Waals surface area contributed by atoms with Gasteiger partial charge < -0.3 is 9.26 Å². The van der Waals surface area contributed by atoms with Crippen LogP contribution in [0.1, 0.15) is 16.2 Å². The smallest absolute Gasteiger partial charge is 0.258 e. The highest BCUT2D eigenvalue weighted by Gasteiger charge is 2.10. The molecule has 0 spiro atoms. The molecule has 0 aliphatic carbocycles. The predicted molar refractivity (Wildman–Crippen MR) is 75.9 cm³/mol. The van der Waals surface area contributed by atoms with Crippen LogP contribution in [-0.4, -0.2) is 16.4 Å². The number of aromatic nitrogens is 2. The molecule has 0 radical (unpaired) electrons. The van der Waals surface area contributed by atoms with Gasteiger partial charge in [0.1, 0.15) is 11.6 Å². The van der Waals surface area contributed by atoms with Crippen molar-refractivity contribution in [3.63, 3.8) is 0 Å². The zero-order valence-corrected chi connectivity index (χ0v) is 11.4. The van der Waals surface area contributed by atoms with Crippen LogP contribution in [-0.2, 0) is 6.61 Å². The molecule has 6 heteroatoms. The minimum atomic E-state index is -0.336. The third-order valence-electron chi connectivity index (χ3n) is 2.96. The van der Waals surface area contributed by atoms with Gasteiger partial charge in [-0.15, -0.1) is 0 Å². The Morgan fingerprint density at radius 1 is 1.14 bits per heavy atom. The summed E-state index contributed by atoms with van der Waals surface area (Å²) >= 11 is 0. The number of hydrogen-bond acceptors (Lipinski definition) is 5. The number of aldehydes is 1. The molecule has 0 unspecified atom stereocenters. The van der Waals surface area contributed by atoms with Gasteiger partial charge in [0.15, 0.2) is 12.9 Å². The Labute approximate surface area is 125 Å².